The summed E-state index contributed by atoms with van der Waals surface area (Å²) in [5.74, 6) is -0.0600. The first-order valence-electron chi connectivity index (χ1n) is 5.49. The van der Waals surface area contributed by atoms with Crippen molar-refractivity contribution in [2.45, 2.75) is 19.2 Å². The zero-order valence-electron chi connectivity index (χ0n) is 10.2. The molecule has 0 aliphatic heterocycles. The fourth-order valence-corrected chi connectivity index (χ4v) is 1.26. The fourth-order valence-electron chi connectivity index (χ4n) is 1.26. The minimum atomic E-state index is -4.42. The van der Waals surface area contributed by atoms with Crippen molar-refractivity contribution >= 4 is 0 Å². The molecule has 1 aromatic carbocycles. The minimum absolute atomic E-state index is 0.233. The molecule has 1 aromatic rings. The van der Waals surface area contributed by atoms with Crippen LogP contribution < -0.4 is 4.74 Å². The highest BCUT2D eigenvalue weighted by Gasteiger charge is 2.27. The van der Waals surface area contributed by atoms with Gasteiger partial charge in [-0.2, -0.15) is 13.2 Å². The molecule has 0 amide bonds. The molecule has 1 unspecified atom stereocenters. The van der Waals surface area contributed by atoms with E-state index in [0.717, 1.165) is 0 Å². The lowest BCUT2D eigenvalue weighted by Gasteiger charge is -2.14. The molecule has 0 aromatic heterocycles. The van der Waals surface area contributed by atoms with E-state index in [2.05, 4.69) is 4.74 Å². The molecule has 0 aliphatic rings. The number of alkyl halides is 3. The third kappa shape index (κ3) is 6.40. The van der Waals surface area contributed by atoms with Gasteiger partial charge in [-0.25, -0.2) is 4.39 Å². The van der Waals surface area contributed by atoms with E-state index in [1.165, 1.54) is 18.2 Å². The number of hydrogen-bond acceptors (Lipinski definition) is 3. The van der Waals surface area contributed by atoms with Gasteiger partial charge in [-0.3, -0.25) is 0 Å². The molecule has 1 atom stereocenters. The van der Waals surface area contributed by atoms with Crippen molar-refractivity contribution in [2.24, 2.45) is 0 Å². The number of halogens is 4. The summed E-state index contributed by atoms with van der Waals surface area (Å²) in [6, 6.07) is 4.00. The van der Waals surface area contributed by atoms with Crippen LogP contribution in [0.1, 0.15) is 5.56 Å². The van der Waals surface area contributed by atoms with Crippen LogP contribution in [-0.4, -0.2) is 37.2 Å². The summed E-state index contributed by atoms with van der Waals surface area (Å²) >= 11 is 0. The van der Waals surface area contributed by atoms with Crippen molar-refractivity contribution in [1.29, 1.82) is 0 Å². The Morgan fingerprint density at radius 3 is 2.53 bits per heavy atom. The monoisotopic (exact) mass is 282 g/mol. The van der Waals surface area contributed by atoms with E-state index >= 15 is 0 Å². The van der Waals surface area contributed by atoms with E-state index in [-0.39, 0.29) is 12.4 Å². The molecular formula is C12H14F4O3. The van der Waals surface area contributed by atoms with Crippen LogP contribution in [0, 0.1) is 12.7 Å². The normalized spacial score (nSPS) is 13.4. The first-order chi connectivity index (χ1) is 8.78. The van der Waals surface area contributed by atoms with Gasteiger partial charge in [0.2, 0.25) is 0 Å². The summed E-state index contributed by atoms with van der Waals surface area (Å²) in [5.41, 5.74) is 0.375. The summed E-state index contributed by atoms with van der Waals surface area (Å²) in [6.45, 7) is -0.590. The number of ether oxygens (including phenoxy) is 2. The topological polar surface area (TPSA) is 38.7 Å². The molecule has 0 spiro atoms. The first kappa shape index (κ1) is 15.7. The molecule has 0 saturated carbocycles. The first-order valence-corrected chi connectivity index (χ1v) is 5.49. The average molecular weight is 282 g/mol. The fraction of sp³-hybridized carbons (Fsp3) is 0.500. The van der Waals surface area contributed by atoms with Crippen molar-refractivity contribution in [3.63, 3.8) is 0 Å². The number of aliphatic hydroxyl groups excluding tert-OH is 1. The van der Waals surface area contributed by atoms with Gasteiger partial charge >= 0.3 is 6.18 Å². The Balaban J connectivity index is 2.29. The Kier molecular flexibility index (Phi) is 5.56. The van der Waals surface area contributed by atoms with Gasteiger partial charge < -0.3 is 14.6 Å². The maximum Gasteiger partial charge on any atom is 0.411 e. The second-order valence-electron chi connectivity index (χ2n) is 4.01. The molecule has 0 fully saturated rings. The highest BCUT2D eigenvalue weighted by molar-refractivity contribution is 5.28. The number of benzene rings is 1. The van der Waals surface area contributed by atoms with Gasteiger partial charge in [0.05, 0.1) is 6.61 Å². The summed E-state index contributed by atoms with van der Waals surface area (Å²) in [5, 5.41) is 9.34. The lowest BCUT2D eigenvalue weighted by atomic mass is 10.2. The van der Waals surface area contributed by atoms with Gasteiger partial charge in [0.25, 0.3) is 0 Å². The van der Waals surface area contributed by atoms with Crippen LogP contribution in [0.3, 0.4) is 0 Å². The van der Waals surface area contributed by atoms with Crippen molar-refractivity contribution < 1.29 is 32.1 Å². The second-order valence-corrected chi connectivity index (χ2v) is 4.01. The quantitative estimate of drug-likeness (QED) is 0.815. The van der Waals surface area contributed by atoms with Crippen LogP contribution in [0.25, 0.3) is 0 Å². The Labute approximate surface area is 107 Å². The number of aryl methyl sites for hydroxylation is 1. The predicted octanol–water partition coefficient (Wildman–Crippen LogP) is 2.45. The van der Waals surface area contributed by atoms with Gasteiger partial charge in [-0.15, -0.1) is 0 Å². The molecule has 0 bridgehead atoms. The van der Waals surface area contributed by atoms with Crippen LogP contribution in [0.15, 0.2) is 18.2 Å². The van der Waals surface area contributed by atoms with Gasteiger partial charge in [-0.05, 0) is 30.7 Å². The summed E-state index contributed by atoms with van der Waals surface area (Å²) < 4.78 is 57.6. The van der Waals surface area contributed by atoms with E-state index < -0.39 is 25.5 Å². The Morgan fingerprint density at radius 2 is 1.95 bits per heavy atom. The molecule has 19 heavy (non-hydrogen) atoms. The van der Waals surface area contributed by atoms with Gasteiger partial charge in [0, 0.05) is 0 Å². The SMILES string of the molecule is Cc1cc(OCC(O)COCC(F)(F)F)ccc1F. The Hall–Kier alpha value is -1.34. The maximum absolute atomic E-state index is 12.9. The summed E-state index contributed by atoms with van der Waals surface area (Å²) in [4.78, 5) is 0. The van der Waals surface area contributed by atoms with E-state index in [4.69, 9.17) is 4.74 Å². The molecule has 0 heterocycles. The molecule has 108 valence electrons. The van der Waals surface area contributed by atoms with Gasteiger partial charge in [-0.1, -0.05) is 0 Å². The zero-order chi connectivity index (χ0) is 14.5. The van der Waals surface area contributed by atoms with Crippen molar-refractivity contribution in [1.82, 2.24) is 0 Å². The minimum Gasteiger partial charge on any atom is -0.491 e. The van der Waals surface area contributed by atoms with E-state index in [1.54, 1.807) is 6.92 Å². The van der Waals surface area contributed by atoms with Crippen molar-refractivity contribution in [3.05, 3.63) is 29.6 Å². The van der Waals surface area contributed by atoms with E-state index in [1.807, 2.05) is 0 Å². The number of rotatable bonds is 6. The predicted molar refractivity (Wildman–Crippen MR) is 59.5 cm³/mol. The molecule has 1 rings (SSSR count). The lowest BCUT2D eigenvalue weighted by molar-refractivity contribution is -0.179. The molecular weight excluding hydrogens is 268 g/mol. The van der Waals surface area contributed by atoms with Crippen molar-refractivity contribution in [3.8, 4) is 5.75 Å². The lowest BCUT2D eigenvalue weighted by Crippen LogP contribution is -2.27. The van der Waals surface area contributed by atoms with Crippen LogP contribution in [0.5, 0.6) is 5.75 Å². The third-order valence-corrected chi connectivity index (χ3v) is 2.15. The zero-order valence-corrected chi connectivity index (χ0v) is 10.2. The van der Waals surface area contributed by atoms with E-state index in [0.29, 0.717) is 11.3 Å². The molecule has 0 radical (unpaired) electrons. The third-order valence-electron chi connectivity index (χ3n) is 2.15. The Bertz CT molecular complexity index is 406. The molecule has 0 aliphatic carbocycles. The highest BCUT2D eigenvalue weighted by Crippen LogP contribution is 2.16. The largest absolute Gasteiger partial charge is 0.491 e. The number of hydrogen-bond donors (Lipinski definition) is 1. The van der Waals surface area contributed by atoms with Crippen molar-refractivity contribution in [2.75, 3.05) is 19.8 Å². The van der Waals surface area contributed by atoms with Crippen LogP contribution in [0.4, 0.5) is 17.6 Å². The Morgan fingerprint density at radius 1 is 1.26 bits per heavy atom. The highest BCUT2D eigenvalue weighted by atomic mass is 19.4. The number of aliphatic hydroxyl groups is 1. The molecule has 7 heteroatoms. The molecule has 0 saturated heterocycles. The summed E-state index contributed by atoms with van der Waals surface area (Å²) in [6.07, 6.45) is -5.61. The van der Waals surface area contributed by atoms with Gasteiger partial charge in [0.1, 0.15) is 30.9 Å². The van der Waals surface area contributed by atoms with E-state index in [9.17, 15) is 22.7 Å². The second kappa shape index (κ2) is 6.72. The molecule has 3 nitrogen and oxygen atoms in total. The van der Waals surface area contributed by atoms with Crippen LogP contribution in [-0.2, 0) is 4.74 Å². The maximum atomic E-state index is 12.9. The van der Waals surface area contributed by atoms with Gasteiger partial charge in [0.15, 0.2) is 0 Å². The summed E-state index contributed by atoms with van der Waals surface area (Å²) in [7, 11) is 0. The average Bonchev–Trinajstić information content (AvgIpc) is 2.29. The smallest absolute Gasteiger partial charge is 0.411 e. The molecule has 1 N–H and O–H groups in total. The van der Waals surface area contributed by atoms with Crippen LogP contribution >= 0.6 is 0 Å². The standard InChI is InChI=1S/C12H14F4O3/c1-8-4-10(2-3-11(8)13)19-6-9(17)5-18-7-12(14,15)16/h2-4,9,17H,5-7H2,1H3. The van der Waals surface area contributed by atoms with Crippen LogP contribution in [0.2, 0.25) is 0 Å².